The number of aliphatic carboxylic acids is 1. The zero-order valence-electron chi connectivity index (χ0n) is 18.9. The Morgan fingerprint density at radius 2 is 1.63 bits per heavy atom. The molecule has 0 aromatic heterocycles. The minimum atomic E-state index is -6.00. The van der Waals surface area contributed by atoms with Crippen molar-refractivity contribution in [2.45, 2.75) is 35.3 Å². The minimum Gasteiger partial charge on any atom is -0.481 e. The second-order valence-corrected chi connectivity index (χ2v) is 12.2. The molecule has 1 saturated heterocycles. The fourth-order valence-corrected chi connectivity index (χ4v) is 6.15. The molecule has 0 bridgehead atoms. The zero-order valence-corrected chi connectivity index (χ0v) is 22.1. The fraction of sp³-hybridized carbons (Fsp3) is 0.333. The SMILES string of the molecule is O=C(O)[C@H](C(=O)C1CCCN1)[C@@H](NS(=O)(=O)c1cc(Cl)cc(Cl)c1)c1ccc(OS(=O)(=O)C(F)(F)F)cc1. The van der Waals surface area contributed by atoms with Gasteiger partial charge in [0.2, 0.25) is 10.0 Å². The predicted octanol–water partition coefficient (Wildman–Crippen LogP) is 3.26. The summed E-state index contributed by atoms with van der Waals surface area (Å²) in [6, 6.07) is 4.03. The first-order valence-corrected chi connectivity index (χ1v) is 14.3. The van der Waals surface area contributed by atoms with Crippen molar-refractivity contribution in [3.63, 3.8) is 0 Å². The Hall–Kier alpha value is -2.43. The van der Waals surface area contributed by atoms with E-state index in [0.717, 1.165) is 36.4 Å². The monoisotopic (exact) mass is 618 g/mol. The van der Waals surface area contributed by atoms with Crippen molar-refractivity contribution >= 4 is 55.1 Å². The number of nitrogens with one attached hydrogen (secondary N) is 2. The molecule has 1 fully saturated rings. The van der Waals surface area contributed by atoms with E-state index in [9.17, 15) is 44.7 Å². The molecule has 0 spiro atoms. The molecule has 3 atom stereocenters. The molecule has 208 valence electrons. The van der Waals surface area contributed by atoms with E-state index in [1.165, 1.54) is 6.07 Å². The van der Waals surface area contributed by atoms with Gasteiger partial charge >= 0.3 is 21.6 Å². The number of carbonyl (C=O) groups excluding carboxylic acids is 1. The van der Waals surface area contributed by atoms with Crippen molar-refractivity contribution in [3.05, 3.63) is 58.1 Å². The molecule has 0 radical (unpaired) electrons. The van der Waals surface area contributed by atoms with Gasteiger partial charge < -0.3 is 14.6 Å². The summed E-state index contributed by atoms with van der Waals surface area (Å²) < 4.78 is 93.0. The Labute approximate surface area is 225 Å². The van der Waals surface area contributed by atoms with Gasteiger partial charge in [0, 0.05) is 10.0 Å². The van der Waals surface area contributed by atoms with Crippen molar-refractivity contribution in [1.82, 2.24) is 10.0 Å². The highest BCUT2D eigenvalue weighted by molar-refractivity contribution is 7.89. The third-order valence-electron chi connectivity index (χ3n) is 5.47. The first-order chi connectivity index (χ1) is 17.5. The number of carbonyl (C=O) groups is 2. The normalized spacial score (nSPS) is 18.1. The summed E-state index contributed by atoms with van der Waals surface area (Å²) in [6.07, 6.45) is 0.869. The van der Waals surface area contributed by atoms with Gasteiger partial charge in [-0.05, 0) is 55.3 Å². The number of ketones is 1. The number of rotatable bonds is 10. The van der Waals surface area contributed by atoms with Gasteiger partial charge in [-0.15, -0.1) is 0 Å². The highest BCUT2D eigenvalue weighted by Crippen LogP contribution is 2.32. The number of halogens is 5. The quantitative estimate of drug-likeness (QED) is 0.206. The number of hydrogen-bond acceptors (Lipinski definition) is 8. The van der Waals surface area contributed by atoms with Crippen LogP contribution in [0, 0.1) is 5.92 Å². The topological polar surface area (TPSA) is 156 Å². The van der Waals surface area contributed by atoms with Gasteiger partial charge in [0.15, 0.2) is 5.78 Å². The summed E-state index contributed by atoms with van der Waals surface area (Å²) >= 11 is 11.8. The van der Waals surface area contributed by atoms with Crippen LogP contribution < -0.4 is 14.2 Å². The molecule has 1 heterocycles. The number of sulfonamides is 1. The van der Waals surface area contributed by atoms with Crippen molar-refractivity contribution in [3.8, 4) is 5.75 Å². The lowest BCUT2D eigenvalue weighted by molar-refractivity contribution is -0.148. The van der Waals surface area contributed by atoms with Gasteiger partial charge in [0.05, 0.1) is 17.0 Å². The molecule has 3 N–H and O–H groups in total. The van der Waals surface area contributed by atoms with E-state index >= 15 is 0 Å². The molecule has 2 aromatic carbocycles. The van der Waals surface area contributed by atoms with Crippen LogP contribution in [0.25, 0.3) is 0 Å². The van der Waals surface area contributed by atoms with Crippen LogP contribution in [0.1, 0.15) is 24.4 Å². The van der Waals surface area contributed by atoms with Crippen LogP contribution in [0.3, 0.4) is 0 Å². The molecular weight excluding hydrogens is 600 g/mol. The van der Waals surface area contributed by atoms with E-state index in [4.69, 9.17) is 23.2 Å². The van der Waals surface area contributed by atoms with E-state index in [2.05, 4.69) is 14.2 Å². The van der Waals surface area contributed by atoms with Gasteiger partial charge in [0.1, 0.15) is 11.7 Å². The summed E-state index contributed by atoms with van der Waals surface area (Å²) in [4.78, 5) is 24.9. The lowest BCUT2D eigenvalue weighted by Crippen LogP contribution is -2.46. The van der Waals surface area contributed by atoms with Crippen LogP contribution in [0.5, 0.6) is 5.75 Å². The Kier molecular flexibility index (Phi) is 9.00. The molecule has 38 heavy (non-hydrogen) atoms. The Bertz CT molecular complexity index is 1410. The Morgan fingerprint density at radius 3 is 2.11 bits per heavy atom. The Balaban J connectivity index is 2.06. The first kappa shape index (κ1) is 30.1. The Morgan fingerprint density at radius 1 is 1.05 bits per heavy atom. The van der Waals surface area contributed by atoms with Crippen molar-refractivity contribution in [2.75, 3.05) is 6.54 Å². The summed E-state index contributed by atoms with van der Waals surface area (Å²) in [5.74, 6) is -5.29. The fourth-order valence-electron chi connectivity index (χ4n) is 3.72. The van der Waals surface area contributed by atoms with Crippen LogP contribution >= 0.6 is 23.2 Å². The van der Waals surface area contributed by atoms with Crippen LogP contribution in [-0.4, -0.2) is 51.8 Å². The molecule has 2 aromatic rings. The minimum absolute atomic E-state index is 0.0529. The molecule has 1 aliphatic rings. The van der Waals surface area contributed by atoms with Crippen LogP contribution in [-0.2, 0) is 29.7 Å². The highest BCUT2D eigenvalue weighted by atomic mass is 35.5. The predicted molar refractivity (Wildman–Crippen MR) is 129 cm³/mol. The smallest absolute Gasteiger partial charge is 0.481 e. The standard InChI is InChI=1S/C21H19Cl2F3N2O8S2/c22-12-8-13(23)10-15(9-12)37(32,33)28-18(17(20(30)31)19(29)16-2-1-7-27-16)11-3-5-14(6-4-11)36-38(34,35)21(24,25)26/h3-6,8-10,16-18,27-28H,1-2,7H2,(H,30,31)/t16?,17-,18-/m0/s1. The third kappa shape index (κ3) is 6.95. The van der Waals surface area contributed by atoms with E-state index in [1.807, 2.05) is 0 Å². The number of carboxylic acids is 1. The van der Waals surface area contributed by atoms with Crippen molar-refractivity contribution < 1.29 is 48.9 Å². The van der Waals surface area contributed by atoms with E-state index in [-0.39, 0.29) is 15.6 Å². The molecule has 0 aliphatic carbocycles. The summed E-state index contributed by atoms with van der Waals surface area (Å²) in [5.41, 5.74) is -5.89. The van der Waals surface area contributed by atoms with Crippen LogP contribution in [0.2, 0.25) is 10.0 Å². The molecule has 17 heteroatoms. The summed E-state index contributed by atoms with van der Waals surface area (Å²) in [5, 5.41) is 12.7. The molecular formula is C21H19Cl2F3N2O8S2. The average molecular weight is 619 g/mol. The summed E-state index contributed by atoms with van der Waals surface area (Å²) in [6.45, 7) is 0.430. The van der Waals surface area contributed by atoms with Crippen molar-refractivity contribution in [2.24, 2.45) is 5.92 Å². The molecule has 0 amide bonds. The van der Waals surface area contributed by atoms with Gasteiger partial charge in [-0.3, -0.25) is 9.59 Å². The van der Waals surface area contributed by atoms with Gasteiger partial charge in [-0.1, -0.05) is 35.3 Å². The largest absolute Gasteiger partial charge is 0.534 e. The lowest BCUT2D eigenvalue weighted by atomic mass is 9.86. The van der Waals surface area contributed by atoms with Gasteiger partial charge in [0.25, 0.3) is 0 Å². The van der Waals surface area contributed by atoms with E-state index in [0.29, 0.717) is 19.4 Å². The average Bonchev–Trinajstić information content (AvgIpc) is 3.32. The number of hydrogen-bond donors (Lipinski definition) is 3. The maximum atomic E-state index is 13.2. The van der Waals surface area contributed by atoms with E-state index in [1.54, 1.807) is 0 Å². The molecule has 10 nitrogen and oxygen atoms in total. The maximum Gasteiger partial charge on any atom is 0.534 e. The zero-order chi connectivity index (χ0) is 28.5. The van der Waals surface area contributed by atoms with Crippen molar-refractivity contribution in [1.29, 1.82) is 0 Å². The van der Waals surface area contributed by atoms with Crippen LogP contribution in [0.4, 0.5) is 13.2 Å². The summed E-state index contributed by atoms with van der Waals surface area (Å²) in [7, 11) is -10.6. The number of carboxylic acid groups (broad SMARTS) is 1. The maximum absolute atomic E-state index is 13.2. The van der Waals surface area contributed by atoms with Gasteiger partial charge in [-0.25, -0.2) is 13.1 Å². The van der Waals surface area contributed by atoms with Gasteiger partial charge in [-0.2, -0.15) is 21.6 Å². The molecule has 1 unspecified atom stereocenters. The highest BCUT2D eigenvalue weighted by Gasteiger charge is 2.48. The first-order valence-electron chi connectivity index (χ1n) is 10.6. The molecule has 0 saturated carbocycles. The second-order valence-electron chi connectivity index (χ2n) is 8.12. The number of Topliss-reactive ketones (excluding diaryl/α,β-unsaturated/α-hetero) is 1. The molecule has 1 aliphatic heterocycles. The van der Waals surface area contributed by atoms with E-state index < -0.39 is 66.0 Å². The molecule has 3 rings (SSSR count). The number of alkyl halides is 3. The second kappa shape index (κ2) is 11.4. The van der Waals surface area contributed by atoms with Crippen LogP contribution in [0.15, 0.2) is 47.4 Å². The number of benzene rings is 2. The lowest BCUT2D eigenvalue weighted by Gasteiger charge is -2.27. The third-order valence-corrected chi connectivity index (χ3v) is 8.30.